The second-order valence-electron chi connectivity index (χ2n) is 2.81. The Morgan fingerprint density at radius 3 is 2.15 bits per heavy atom. The highest BCUT2D eigenvalue weighted by Gasteiger charge is 2.41. The topological polar surface area (TPSA) is 116 Å². The Morgan fingerprint density at radius 1 is 1.15 bits per heavy atom. The van der Waals surface area contributed by atoms with Gasteiger partial charge in [-0.05, 0) is 0 Å². The number of ether oxygens (including phenoxy) is 1. The van der Waals surface area contributed by atoms with Gasteiger partial charge in [0.1, 0.15) is 18.3 Å². The molecule has 80 valence electrons. The predicted molar refractivity (Wildman–Crippen MR) is 45.2 cm³/mol. The van der Waals surface area contributed by atoms with Gasteiger partial charge in [0.15, 0.2) is 6.29 Å². The summed E-state index contributed by atoms with van der Waals surface area (Å²) in [5.74, 6) is 0. The largest absolute Gasteiger partial charge is 0.394 e. The van der Waals surface area contributed by atoms with Crippen LogP contribution in [0.2, 0.25) is 0 Å². The van der Waals surface area contributed by atoms with E-state index in [0.717, 1.165) is 0 Å². The van der Waals surface area contributed by atoms with Crippen LogP contribution in [0, 0.1) is 0 Å². The molecule has 1 fully saturated rings. The van der Waals surface area contributed by atoms with E-state index in [1.165, 1.54) is 0 Å². The molecule has 1 rings (SSSR count). The van der Waals surface area contributed by atoms with Crippen molar-refractivity contribution in [2.45, 2.75) is 30.6 Å². The first kappa shape index (κ1) is 13.1. The molecule has 6 N–H and O–H groups in total. The molecule has 1 aliphatic rings. The fraction of sp³-hybridized carbons (Fsp3) is 1.00. The lowest BCUT2D eigenvalue weighted by Crippen LogP contribution is -2.61. The SMILES string of the molecule is Cl.N[C@@H]1[C@@H](O)C(O)[C@@H](CO)O[13CH]1O. The van der Waals surface area contributed by atoms with Crippen molar-refractivity contribution in [2.24, 2.45) is 5.73 Å². The third-order valence-electron chi connectivity index (χ3n) is 1.95. The molecule has 0 radical (unpaired) electrons. The molecule has 0 aromatic rings. The van der Waals surface area contributed by atoms with E-state index in [4.69, 9.17) is 20.7 Å². The molecule has 6 nitrogen and oxygen atoms in total. The van der Waals surface area contributed by atoms with Gasteiger partial charge in [0.25, 0.3) is 0 Å². The first-order valence-electron chi connectivity index (χ1n) is 3.64. The van der Waals surface area contributed by atoms with Crippen LogP contribution in [0.25, 0.3) is 0 Å². The smallest absolute Gasteiger partial charge is 0.173 e. The van der Waals surface area contributed by atoms with Gasteiger partial charge < -0.3 is 30.9 Å². The Labute approximate surface area is 81.3 Å². The lowest BCUT2D eigenvalue weighted by molar-refractivity contribution is -0.248. The number of nitrogens with two attached hydrogens (primary N) is 1. The fourth-order valence-electron chi connectivity index (χ4n) is 1.12. The molecule has 1 saturated heterocycles. The fourth-order valence-corrected chi connectivity index (χ4v) is 1.12. The van der Waals surface area contributed by atoms with E-state index in [1.807, 2.05) is 0 Å². The van der Waals surface area contributed by atoms with Crippen LogP contribution >= 0.6 is 12.4 Å². The summed E-state index contributed by atoms with van der Waals surface area (Å²) in [4.78, 5) is 0. The van der Waals surface area contributed by atoms with E-state index in [0.29, 0.717) is 0 Å². The standard InChI is InChI=1S/C6H13NO5.ClH/c7-3-5(10)4(9)2(1-8)12-6(3)11;/h2-6,8-11H,1,7H2;1H/t2-,3-,4?,5-,6?;/m1./s1/i6+1;. The maximum atomic E-state index is 9.20. The van der Waals surface area contributed by atoms with Gasteiger partial charge in [0.05, 0.1) is 12.6 Å². The molecule has 0 saturated carbocycles. The Kier molecular flexibility index (Phi) is 5.08. The third-order valence-corrected chi connectivity index (χ3v) is 1.95. The summed E-state index contributed by atoms with van der Waals surface area (Å²) >= 11 is 0. The Morgan fingerprint density at radius 2 is 1.69 bits per heavy atom. The van der Waals surface area contributed by atoms with Gasteiger partial charge >= 0.3 is 0 Å². The molecule has 5 atom stereocenters. The van der Waals surface area contributed by atoms with Crippen LogP contribution in [0.15, 0.2) is 0 Å². The zero-order chi connectivity index (χ0) is 9.30. The Hall–Kier alpha value is 0.0500. The highest BCUT2D eigenvalue weighted by molar-refractivity contribution is 5.85. The Balaban J connectivity index is 0.00000144. The number of aliphatic hydroxyl groups excluding tert-OH is 4. The second kappa shape index (κ2) is 5.06. The van der Waals surface area contributed by atoms with Crippen LogP contribution < -0.4 is 5.73 Å². The first-order valence-corrected chi connectivity index (χ1v) is 3.64. The predicted octanol–water partition coefficient (Wildman–Crippen LogP) is -2.83. The zero-order valence-electron chi connectivity index (χ0n) is 6.78. The normalized spacial score (nSPS) is 45.5. The van der Waals surface area contributed by atoms with E-state index in [2.05, 4.69) is 0 Å². The lowest BCUT2D eigenvalue weighted by atomic mass is 10.0. The number of rotatable bonds is 1. The van der Waals surface area contributed by atoms with Crippen LogP contribution in [0.4, 0.5) is 0 Å². The summed E-state index contributed by atoms with van der Waals surface area (Å²) in [7, 11) is 0. The van der Waals surface area contributed by atoms with Crippen molar-refractivity contribution in [1.29, 1.82) is 0 Å². The van der Waals surface area contributed by atoms with Crippen LogP contribution in [0.5, 0.6) is 0 Å². The maximum Gasteiger partial charge on any atom is 0.173 e. The molecular weight excluding hydrogens is 203 g/mol. The summed E-state index contributed by atoms with van der Waals surface area (Å²) in [5.41, 5.74) is 5.26. The summed E-state index contributed by atoms with van der Waals surface area (Å²) in [6.45, 7) is -0.470. The average Bonchev–Trinajstić information content (AvgIpc) is 2.08. The summed E-state index contributed by atoms with van der Waals surface area (Å²) in [5, 5.41) is 36.1. The van der Waals surface area contributed by atoms with Crippen LogP contribution in [0.3, 0.4) is 0 Å². The molecule has 0 aromatic carbocycles. The van der Waals surface area contributed by atoms with Gasteiger partial charge in [0, 0.05) is 0 Å². The van der Waals surface area contributed by atoms with Gasteiger partial charge in [-0.15, -0.1) is 12.4 Å². The van der Waals surface area contributed by atoms with Gasteiger partial charge in [-0.1, -0.05) is 0 Å². The number of hydrogen-bond donors (Lipinski definition) is 5. The molecule has 0 aliphatic carbocycles. The van der Waals surface area contributed by atoms with E-state index < -0.39 is 37.3 Å². The van der Waals surface area contributed by atoms with Crippen LogP contribution in [-0.4, -0.2) is 57.7 Å². The zero-order valence-corrected chi connectivity index (χ0v) is 7.59. The highest BCUT2D eigenvalue weighted by Crippen LogP contribution is 2.17. The van der Waals surface area contributed by atoms with Crippen molar-refractivity contribution in [2.75, 3.05) is 6.61 Å². The van der Waals surface area contributed by atoms with Crippen molar-refractivity contribution in [3.8, 4) is 0 Å². The minimum Gasteiger partial charge on any atom is -0.394 e. The second-order valence-corrected chi connectivity index (χ2v) is 2.81. The van der Waals surface area contributed by atoms with Gasteiger partial charge in [-0.25, -0.2) is 0 Å². The maximum absolute atomic E-state index is 9.20. The van der Waals surface area contributed by atoms with E-state index in [1.54, 1.807) is 0 Å². The molecule has 1 heterocycles. The molecule has 0 amide bonds. The molecular formula is C6H14ClNO5. The van der Waals surface area contributed by atoms with Crippen molar-refractivity contribution in [3.05, 3.63) is 0 Å². The van der Waals surface area contributed by atoms with Crippen molar-refractivity contribution in [1.82, 2.24) is 0 Å². The molecule has 0 aromatic heterocycles. The number of halogens is 1. The minimum atomic E-state index is -1.35. The Bertz CT molecular complexity index is 155. The molecule has 1 aliphatic heterocycles. The lowest BCUT2D eigenvalue weighted by Gasteiger charge is -2.38. The summed E-state index contributed by atoms with van der Waals surface area (Å²) in [6.07, 6.45) is -4.85. The average molecular weight is 217 g/mol. The molecule has 13 heavy (non-hydrogen) atoms. The number of hydrogen-bond acceptors (Lipinski definition) is 6. The molecule has 7 heteroatoms. The van der Waals surface area contributed by atoms with E-state index >= 15 is 0 Å². The van der Waals surface area contributed by atoms with Gasteiger partial charge in [-0.2, -0.15) is 0 Å². The van der Waals surface area contributed by atoms with E-state index in [9.17, 15) is 10.2 Å². The minimum absolute atomic E-state index is 0. The van der Waals surface area contributed by atoms with Crippen LogP contribution in [0.1, 0.15) is 0 Å². The van der Waals surface area contributed by atoms with Crippen molar-refractivity contribution < 1.29 is 25.2 Å². The molecule has 0 spiro atoms. The van der Waals surface area contributed by atoms with Gasteiger partial charge in [-0.3, -0.25) is 0 Å². The molecule has 0 bridgehead atoms. The quantitative estimate of drug-likeness (QED) is 0.302. The van der Waals surface area contributed by atoms with Crippen molar-refractivity contribution >= 4 is 12.4 Å². The van der Waals surface area contributed by atoms with Crippen LogP contribution in [-0.2, 0) is 4.74 Å². The number of aliphatic hydroxyl groups is 4. The van der Waals surface area contributed by atoms with Crippen molar-refractivity contribution in [3.63, 3.8) is 0 Å². The highest BCUT2D eigenvalue weighted by atomic mass is 35.5. The summed E-state index contributed by atoms with van der Waals surface area (Å²) < 4.78 is 4.70. The monoisotopic (exact) mass is 216 g/mol. The first-order chi connectivity index (χ1) is 5.57. The summed E-state index contributed by atoms with van der Waals surface area (Å²) in [6, 6.07) is -1.04. The third kappa shape index (κ3) is 2.50. The molecule has 2 unspecified atom stereocenters. The van der Waals surface area contributed by atoms with E-state index in [-0.39, 0.29) is 12.4 Å². The van der Waals surface area contributed by atoms with Gasteiger partial charge in [0.2, 0.25) is 0 Å².